The Labute approximate surface area is 187 Å². The quantitative estimate of drug-likeness (QED) is 0.551. The molecule has 0 unspecified atom stereocenters. The van der Waals surface area contributed by atoms with E-state index in [1.165, 1.54) is 42.5 Å². The van der Waals surface area contributed by atoms with Crippen LogP contribution in [0.2, 0.25) is 0 Å². The maximum absolute atomic E-state index is 14.0. The molecule has 3 rings (SSSR count). The molecule has 2 aromatic rings. The van der Waals surface area contributed by atoms with Crippen molar-refractivity contribution in [2.75, 3.05) is 20.8 Å². The molecule has 1 saturated heterocycles. The second kappa shape index (κ2) is 8.90. The van der Waals surface area contributed by atoms with Crippen molar-refractivity contribution in [2.45, 2.75) is 23.2 Å². The molecule has 0 saturated carbocycles. The van der Waals surface area contributed by atoms with Crippen molar-refractivity contribution < 1.29 is 40.7 Å². The number of hydrogen-bond acceptors (Lipinski definition) is 6. The first-order valence-corrected chi connectivity index (χ1v) is 10.9. The lowest BCUT2D eigenvalue weighted by Gasteiger charge is -2.29. The number of ether oxygens (including phenoxy) is 2. The van der Waals surface area contributed by atoms with Gasteiger partial charge < -0.3 is 14.8 Å². The number of methoxy groups -OCH3 is 2. The molecule has 1 atom stereocenters. The summed E-state index contributed by atoms with van der Waals surface area (Å²) >= 11 is 0. The van der Waals surface area contributed by atoms with Gasteiger partial charge in [-0.25, -0.2) is 13.2 Å². The van der Waals surface area contributed by atoms with Gasteiger partial charge in [0.25, 0.3) is 11.6 Å². The molecule has 1 aliphatic heterocycles. The molecule has 0 aromatic heterocycles. The van der Waals surface area contributed by atoms with Crippen LogP contribution in [0, 0.1) is 0 Å². The Morgan fingerprint density at radius 1 is 1.03 bits per heavy atom. The molecule has 1 fully saturated rings. The van der Waals surface area contributed by atoms with Gasteiger partial charge in [0.2, 0.25) is 10.0 Å². The predicted molar refractivity (Wildman–Crippen MR) is 109 cm³/mol. The minimum absolute atomic E-state index is 0.0150. The summed E-state index contributed by atoms with van der Waals surface area (Å²) in [5.74, 6) is -1.00. The topological polar surface area (TPSA) is 114 Å². The molecule has 2 N–H and O–H groups in total. The molecule has 0 aliphatic carbocycles. The number of rotatable bonds is 8. The number of amides is 3. The van der Waals surface area contributed by atoms with Crippen LogP contribution in [0.25, 0.3) is 0 Å². The third kappa shape index (κ3) is 4.59. The first kappa shape index (κ1) is 24.3. The number of sulfonamides is 1. The SMILES string of the molecule is COc1ccc(CCN2C(=O)N[C@@](NS(=O)(=O)c3ccccc3)(C(F)(F)F)C2=O)cc1OC. The van der Waals surface area contributed by atoms with Crippen molar-refractivity contribution in [3.8, 4) is 11.5 Å². The van der Waals surface area contributed by atoms with Crippen molar-refractivity contribution >= 4 is 22.0 Å². The van der Waals surface area contributed by atoms with Gasteiger partial charge in [-0.15, -0.1) is 0 Å². The van der Waals surface area contributed by atoms with Crippen LogP contribution in [-0.2, 0) is 21.2 Å². The monoisotopic (exact) mass is 487 g/mol. The number of nitrogens with zero attached hydrogens (tertiary/aromatic N) is 1. The third-order valence-electron chi connectivity index (χ3n) is 4.94. The molecule has 3 amide bonds. The maximum Gasteiger partial charge on any atom is 0.435 e. The maximum atomic E-state index is 14.0. The smallest absolute Gasteiger partial charge is 0.435 e. The largest absolute Gasteiger partial charge is 0.493 e. The number of nitrogens with one attached hydrogen (secondary N) is 2. The number of imide groups is 1. The molecule has 9 nitrogen and oxygen atoms in total. The van der Waals surface area contributed by atoms with Crippen molar-refractivity contribution in [3.05, 3.63) is 54.1 Å². The highest BCUT2D eigenvalue weighted by Crippen LogP contribution is 2.35. The molecule has 0 spiro atoms. The number of urea groups is 1. The highest BCUT2D eigenvalue weighted by Gasteiger charge is 2.69. The van der Waals surface area contributed by atoms with Gasteiger partial charge in [-0.3, -0.25) is 9.69 Å². The van der Waals surface area contributed by atoms with E-state index in [4.69, 9.17) is 9.47 Å². The summed E-state index contributed by atoms with van der Waals surface area (Å²) in [6.45, 7) is -0.439. The minimum atomic E-state index is -5.46. The molecule has 1 aliphatic rings. The molecule has 1 heterocycles. The van der Waals surface area contributed by atoms with Gasteiger partial charge in [0.05, 0.1) is 19.1 Å². The van der Waals surface area contributed by atoms with E-state index in [1.807, 2.05) is 0 Å². The summed E-state index contributed by atoms with van der Waals surface area (Å²) in [4.78, 5) is 24.9. The number of carbonyl (C=O) groups excluding carboxylic acids is 2. The molecular formula is C20H20F3N3O6S. The van der Waals surface area contributed by atoms with Crippen LogP contribution in [0.3, 0.4) is 0 Å². The zero-order valence-corrected chi connectivity index (χ0v) is 18.3. The number of hydrogen-bond donors (Lipinski definition) is 2. The lowest BCUT2D eigenvalue weighted by Crippen LogP contribution is -2.69. The number of halogens is 3. The summed E-state index contributed by atoms with van der Waals surface area (Å²) in [7, 11) is -1.98. The van der Waals surface area contributed by atoms with E-state index in [0.717, 1.165) is 12.1 Å². The Bertz CT molecular complexity index is 1160. The lowest BCUT2D eigenvalue weighted by molar-refractivity contribution is -0.198. The Kier molecular flexibility index (Phi) is 6.56. The molecule has 33 heavy (non-hydrogen) atoms. The normalized spacial score (nSPS) is 18.9. The highest BCUT2D eigenvalue weighted by molar-refractivity contribution is 7.89. The van der Waals surface area contributed by atoms with E-state index < -0.39 is 45.2 Å². The van der Waals surface area contributed by atoms with Crippen LogP contribution in [-0.4, -0.2) is 57.9 Å². The molecule has 0 radical (unpaired) electrons. The van der Waals surface area contributed by atoms with E-state index in [-0.39, 0.29) is 6.42 Å². The molecule has 178 valence electrons. The van der Waals surface area contributed by atoms with Crippen LogP contribution in [0.5, 0.6) is 11.5 Å². The zero-order valence-electron chi connectivity index (χ0n) is 17.5. The van der Waals surface area contributed by atoms with Gasteiger partial charge in [-0.05, 0) is 36.2 Å². The van der Waals surface area contributed by atoms with Gasteiger partial charge in [0, 0.05) is 6.54 Å². The van der Waals surface area contributed by atoms with Crippen molar-refractivity contribution in [3.63, 3.8) is 0 Å². The summed E-state index contributed by atoms with van der Waals surface area (Å²) < 4.78 is 78.7. The van der Waals surface area contributed by atoms with Crippen LogP contribution >= 0.6 is 0 Å². The van der Waals surface area contributed by atoms with E-state index in [1.54, 1.807) is 18.2 Å². The van der Waals surface area contributed by atoms with Gasteiger partial charge in [0.1, 0.15) is 0 Å². The minimum Gasteiger partial charge on any atom is -0.493 e. The summed E-state index contributed by atoms with van der Waals surface area (Å²) in [5, 5.41) is 1.49. The van der Waals surface area contributed by atoms with E-state index in [9.17, 15) is 31.2 Å². The van der Waals surface area contributed by atoms with Gasteiger partial charge in [-0.1, -0.05) is 24.3 Å². The molecule has 2 aromatic carbocycles. The lowest BCUT2D eigenvalue weighted by atomic mass is 10.1. The Morgan fingerprint density at radius 3 is 2.24 bits per heavy atom. The highest BCUT2D eigenvalue weighted by atomic mass is 32.2. The Balaban J connectivity index is 1.87. The molecular weight excluding hydrogens is 467 g/mol. The molecule has 0 bridgehead atoms. The van der Waals surface area contributed by atoms with Crippen molar-refractivity contribution in [1.82, 2.24) is 14.9 Å². The van der Waals surface area contributed by atoms with Gasteiger partial charge in [0.15, 0.2) is 11.5 Å². The summed E-state index contributed by atoms with van der Waals surface area (Å²) in [6.07, 6.45) is -5.47. The van der Waals surface area contributed by atoms with E-state index in [0.29, 0.717) is 22.0 Å². The van der Waals surface area contributed by atoms with Gasteiger partial charge >= 0.3 is 12.2 Å². The Hall–Kier alpha value is -3.32. The second-order valence-electron chi connectivity index (χ2n) is 6.99. The first-order chi connectivity index (χ1) is 15.4. The first-order valence-electron chi connectivity index (χ1n) is 9.46. The van der Waals surface area contributed by atoms with Gasteiger partial charge in [-0.2, -0.15) is 17.9 Å². The average Bonchev–Trinajstić information content (AvgIpc) is 3.02. The fourth-order valence-electron chi connectivity index (χ4n) is 3.24. The Morgan fingerprint density at radius 2 is 1.67 bits per heavy atom. The van der Waals surface area contributed by atoms with Crippen LogP contribution < -0.4 is 19.5 Å². The third-order valence-corrected chi connectivity index (χ3v) is 6.41. The number of benzene rings is 2. The van der Waals surface area contributed by atoms with Crippen molar-refractivity contribution in [1.29, 1.82) is 0 Å². The summed E-state index contributed by atoms with van der Waals surface area (Å²) in [5.41, 5.74) is -3.29. The van der Waals surface area contributed by atoms with Crippen LogP contribution in [0.15, 0.2) is 53.4 Å². The molecule has 13 heteroatoms. The van der Waals surface area contributed by atoms with E-state index >= 15 is 0 Å². The van der Waals surface area contributed by atoms with E-state index in [2.05, 4.69) is 0 Å². The number of alkyl halides is 3. The summed E-state index contributed by atoms with van der Waals surface area (Å²) in [6, 6.07) is 9.52. The fraction of sp³-hybridized carbons (Fsp3) is 0.300. The van der Waals surface area contributed by atoms with Crippen LogP contribution in [0.1, 0.15) is 5.56 Å². The zero-order chi connectivity index (χ0) is 24.4. The standard InChI is InChI=1S/C20H20F3N3O6S/c1-31-15-9-8-13(12-16(15)32-2)10-11-26-17(27)19(20(21,22)23,24-18(26)28)25-33(29,30)14-6-4-3-5-7-14/h3-9,12,25H,10-11H2,1-2H3,(H,24,28)/t19-/m0/s1. The predicted octanol–water partition coefficient (Wildman–Crippen LogP) is 2.04. The average molecular weight is 487 g/mol. The fourth-order valence-corrected chi connectivity index (χ4v) is 4.53. The second-order valence-corrected chi connectivity index (χ2v) is 8.67. The van der Waals surface area contributed by atoms with Crippen LogP contribution in [0.4, 0.5) is 18.0 Å². The number of carbonyl (C=O) groups is 2. The van der Waals surface area contributed by atoms with Crippen molar-refractivity contribution in [2.24, 2.45) is 0 Å².